The second-order valence-electron chi connectivity index (χ2n) is 7.74. The second-order valence-corrected chi connectivity index (χ2v) is 8.69. The fourth-order valence-electron chi connectivity index (χ4n) is 3.95. The number of hydrogen-bond acceptors (Lipinski definition) is 6. The van der Waals surface area contributed by atoms with Gasteiger partial charge in [-0.1, -0.05) is 37.3 Å². The van der Waals surface area contributed by atoms with Gasteiger partial charge in [0.15, 0.2) is 11.5 Å². The first-order valence-electron chi connectivity index (χ1n) is 10.5. The van der Waals surface area contributed by atoms with Gasteiger partial charge in [0, 0.05) is 22.6 Å². The largest absolute Gasteiger partial charge is 0.308 e. The average Bonchev–Trinajstić information content (AvgIpc) is 3.55. The zero-order valence-corrected chi connectivity index (χ0v) is 19.0. The molecule has 0 unspecified atom stereocenters. The molecule has 0 saturated carbocycles. The third-order valence-corrected chi connectivity index (χ3v) is 6.36. The molecule has 32 heavy (non-hydrogen) atoms. The molecule has 5 rings (SSSR count). The van der Waals surface area contributed by atoms with Crippen LogP contribution in [-0.2, 0) is 13.0 Å². The molecule has 0 fully saturated rings. The maximum absolute atomic E-state index is 4.86. The minimum absolute atomic E-state index is 0.631. The SMILES string of the molecule is CCc1nc2c(C)cc(C)nc2n1Cc1ccc(/C(=C/c2nnn[nH]2)c2cccs2)cc1. The lowest BCUT2D eigenvalue weighted by Gasteiger charge is -2.10. The molecule has 5 aromatic rings. The Morgan fingerprint density at radius 2 is 1.97 bits per heavy atom. The van der Waals surface area contributed by atoms with Crippen LogP contribution in [0, 0.1) is 13.8 Å². The van der Waals surface area contributed by atoms with Crippen LogP contribution in [0.15, 0.2) is 47.8 Å². The molecule has 4 aromatic heterocycles. The Hall–Kier alpha value is -3.65. The van der Waals surface area contributed by atoms with E-state index >= 15 is 0 Å². The van der Waals surface area contributed by atoms with E-state index in [0.717, 1.165) is 51.7 Å². The monoisotopic (exact) mass is 441 g/mol. The number of imidazole rings is 1. The molecule has 0 saturated heterocycles. The molecular weight excluding hydrogens is 418 g/mol. The number of aromatic nitrogens is 7. The fraction of sp³-hybridized carbons (Fsp3) is 0.208. The summed E-state index contributed by atoms with van der Waals surface area (Å²) in [7, 11) is 0. The van der Waals surface area contributed by atoms with Crippen molar-refractivity contribution in [1.82, 2.24) is 35.2 Å². The van der Waals surface area contributed by atoms with Crippen LogP contribution in [0.5, 0.6) is 0 Å². The first kappa shape index (κ1) is 20.3. The number of H-pyrrole nitrogens is 1. The van der Waals surface area contributed by atoms with E-state index in [9.17, 15) is 0 Å². The molecule has 0 aliphatic carbocycles. The highest BCUT2D eigenvalue weighted by Crippen LogP contribution is 2.29. The zero-order chi connectivity index (χ0) is 22.1. The summed E-state index contributed by atoms with van der Waals surface area (Å²) in [5.74, 6) is 1.69. The van der Waals surface area contributed by atoms with Gasteiger partial charge in [0.05, 0.1) is 6.54 Å². The van der Waals surface area contributed by atoms with E-state index in [2.05, 4.69) is 80.8 Å². The second kappa shape index (κ2) is 8.47. The number of fused-ring (bicyclic) bond motifs is 1. The highest BCUT2D eigenvalue weighted by molar-refractivity contribution is 7.11. The predicted octanol–water partition coefficient (Wildman–Crippen LogP) is 4.82. The quantitative estimate of drug-likeness (QED) is 0.408. The van der Waals surface area contributed by atoms with E-state index in [1.807, 2.05) is 19.1 Å². The average molecular weight is 442 g/mol. The number of benzene rings is 1. The van der Waals surface area contributed by atoms with Crippen molar-refractivity contribution in [3.05, 3.63) is 86.8 Å². The summed E-state index contributed by atoms with van der Waals surface area (Å²) in [5, 5.41) is 16.3. The normalized spacial score (nSPS) is 12.0. The number of thiophene rings is 1. The number of tetrazole rings is 1. The Bertz CT molecular complexity index is 1380. The number of rotatable bonds is 6. The zero-order valence-electron chi connectivity index (χ0n) is 18.2. The number of nitrogens with one attached hydrogen (secondary N) is 1. The third-order valence-electron chi connectivity index (χ3n) is 5.45. The minimum Gasteiger partial charge on any atom is -0.308 e. The Morgan fingerprint density at radius 3 is 2.66 bits per heavy atom. The van der Waals surface area contributed by atoms with Crippen molar-refractivity contribution < 1.29 is 0 Å². The van der Waals surface area contributed by atoms with Crippen LogP contribution in [-0.4, -0.2) is 35.2 Å². The summed E-state index contributed by atoms with van der Waals surface area (Å²) in [4.78, 5) is 10.8. The van der Waals surface area contributed by atoms with E-state index in [1.165, 1.54) is 11.1 Å². The molecule has 0 atom stereocenters. The van der Waals surface area contributed by atoms with Crippen LogP contribution in [0.1, 0.15) is 45.8 Å². The molecule has 0 aliphatic heterocycles. The summed E-state index contributed by atoms with van der Waals surface area (Å²) >= 11 is 1.69. The molecule has 0 amide bonds. The van der Waals surface area contributed by atoms with Crippen LogP contribution in [0.25, 0.3) is 22.8 Å². The summed E-state index contributed by atoms with van der Waals surface area (Å²) in [6.45, 7) is 7.01. The van der Waals surface area contributed by atoms with Crippen molar-refractivity contribution in [2.45, 2.75) is 33.7 Å². The Labute approximate surface area is 189 Å². The lowest BCUT2D eigenvalue weighted by atomic mass is 10.0. The molecular formula is C24H23N7S. The van der Waals surface area contributed by atoms with Crippen LogP contribution >= 0.6 is 11.3 Å². The van der Waals surface area contributed by atoms with Crippen LogP contribution < -0.4 is 0 Å². The van der Waals surface area contributed by atoms with Crippen molar-refractivity contribution >= 4 is 34.1 Å². The number of hydrogen-bond donors (Lipinski definition) is 1. The van der Waals surface area contributed by atoms with Gasteiger partial charge in [0.25, 0.3) is 0 Å². The van der Waals surface area contributed by atoms with Gasteiger partial charge < -0.3 is 4.57 Å². The molecule has 7 nitrogen and oxygen atoms in total. The minimum atomic E-state index is 0.631. The van der Waals surface area contributed by atoms with E-state index < -0.39 is 0 Å². The molecule has 1 N–H and O–H groups in total. The summed E-state index contributed by atoms with van der Waals surface area (Å²) < 4.78 is 2.24. The molecule has 0 aliphatic rings. The highest BCUT2D eigenvalue weighted by atomic mass is 32.1. The van der Waals surface area contributed by atoms with Crippen molar-refractivity contribution in [3.63, 3.8) is 0 Å². The topological polar surface area (TPSA) is 85.2 Å². The van der Waals surface area contributed by atoms with E-state index in [4.69, 9.17) is 9.97 Å². The van der Waals surface area contributed by atoms with Crippen molar-refractivity contribution in [2.24, 2.45) is 0 Å². The standard InChI is InChI=1S/C24H23N7S/c1-4-22-26-23-15(2)12-16(3)25-24(23)31(22)14-17-7-9-18(10-8-17)19(20-6-5-11-32-20)13-21-27-29-30-28-21/h5-13H,4,14H2,1-3H3,(H,27,28,29,30)/b19-13-. The van der Waals surface area contributed by atoms with Crippen molar-refractivity contribution in [3.8, 4) is 0 Å². The van der Waals surface area contributed by atoms with Crippen LogP contribution in [0.2, 0.25) is 0 Å². The Balaban J connectivity index is 1.50. The van der Waals surface area contributed by atoms with E-state index in [1.54, 1.807) is 11.3 Å². The smallest absolute Gasteiger partial charge is 0.172 e. The van der Waals surface area contributed by atoms with Crippen molar-refractivity contribution in [1.29, 1.82) is 0 Å². The van der Waals surface area contributed by atoms with Gasteiger partial charge in [0.1, 0.15) is 11.3 Å². The summed E-state index contributed by atoms with van der Waals surface area (Å²) in [6, 6.07) is 14.9. The molecule has 160 valence electrons. The van der Waals surface area contributed by atoms with Gasteiger partial charge in [-0.15, -0.1) is 16.4 Å². The Morgan fingerprint density at radius 1 is 1.12 bits per heavy atom. The first-order chi connectivity index (χ1) is 15.6. The van der Waals surface area contributed by atoms with Crippen LogP contribution in [0.3, 0.4) is 0 Å². The van der Waals surface area contributed by atoms with E-state index in [0.29, 0.717) is 5.82 Å². The Kier molecular flexibility index (Phi) is 5.36. The first-order valence-corrected chi connectivity index (χ1v) is 11.4. The van der Waals surface area contributed by atoms with E-state index in [-0.39, 0.29) is 0 Å². The molecule has 8 heteroatoms. The number of pyridine rings is 1. The third kappa shape index (κ3) is 3.85. The lowest BCUT2D eigenvalue weighted by Crippen LogP contribution is -2.05. The molecule has 4 heterocycles. The van der Waals surface area contributed by atoms with Gasteiger partial charge in [-0.3, -0.25) is 0 Å². The van der Waals surface area contributed by atoms with Crippen molar-refractivity contribution in [2.75, 3.05) is 0 Å². The molecule has 0 bridgehead atoms. The van der Waals surface area contributed by atoms with Crippen LogP contribution in [0.4, 0.5) is 0 Å². The number of nitrogens with zero attached hydrogens (tertiary/aromatic N) is 6. The molecule has 0 radical (unpaired) electrons. The van der Waals surface area contributed by atoms with Gasteiger partial charge in [0.2, 0.25) is 0 Å². The number of aryl methyl sites for hydroxylation is 3. The lowest BCUT2D eigenvalue weighted by molar-refractivity contribution is 0.745. The molecule has 0 spiro atoms. The number of aromatic amines is 1. The van der Waals surface area contributed by atoms with Gasteiger partial charge in [-0.2, -0.15) is 0 Å². The van der Waals surface area contributed by atoms with Gasteiger partial charge in [-0.05, 0) is 64.6 Å². The maximum Gasteiger partial charge on any atom is 0.172 e. The molecule has 1 aromatic carbocycles. The fourth-order valence-corrected chi connectivity index (χ4v) is 4.71. The van der Waals surface area contributed by atoms with Gasteiger partial charge in [-0.25, -0.2) is 15.1 Å². The van der Waals surface area contributed by atoms with Gasteiger partial charge >= 0.3 is 0 Å². The maximum atomic E-state index is 4.86. The summed E-state index contributed by atoms with van der Waals surface area (Å²) in [6.07, 6.45) is 2.85. The summed E-state index contributed by atoms with van der Waals surface area (Å²) in [5.41, 5.74) is 7.54. The predicted molar refractivity (Wildman–Crippen MR) is 127 cm³/mol. The highest BCUT2D eigenvalue weighted by Gasteiger charge is 2.14.